The minimum atomic E-state index is -0.250. The molecule has 0 unspecified atom stereocenters. The first-order valence-electron chi connectivity index (χ1n) is 10.6. The summed E-state index contributed by atoms with van der Waals surface area (Å²) in [6.07, 6.45) is 0. The molecule has 0 radical (unpaired) electrons. The van der Waals surface area contributed by atoms with E-state index in [1.165, 1.54) is 12.7 Å². The van der Waals surface area contributed by atoms with Crippen LogP contribution in [0.1, 0.15) is 21.7 Å². The fraction of sp³-hybridized carbons (Fsp3) is 0.160. The Kier molecular flexibility index (Phi) is 8.48. The van der Waals surface area contributed by atoms with Crippen LogP contribution < -0.4 is 14.8 Å². The topological polar surface area (TPSA) is 78.3 Å². The number of halogens is 2. The zero-order valence-electron chi connectivity index (χ0n) is 19.0. The monoisotopic (exact) mass is 616 g/mol. The highest BCUT2D eigenvalue weighted by molar-refractivity contribution is 9.10. The van der Waals surface area contributed by atoms with E-state index in [1.54, 1.807) is 37.1 Å². The van der Waals surface area contributed by atoms with E-state index < -0.39 is 0 Å². The first kappa shape index (κ1) is 25.3. The van der Waals surface area contributed by atoms with Crippen LogP contribution in [0.25, 0.3) is 5.69 Å². The number of thioether (sulfide) groups is 1. The number of ether oxygens (including phenoxy) is 2. The standard InChI is InChI=1S/C25H22Br2N4O3S/c1-33-21-12-5-17(13-22(21)34-2)24(32)28-14-23-29-30-25(31(23)20-10-8-19(27)9-11-20)35-15-16-3-6-18(26)7-4-16/h3-13H,14-15H2,1-2H3,(H,28,32). The average Bonchev–Trinajstić information content (AvgIpc) is 3.29. The molecule has 0 bridgehead atoms. The number of hydrogen-bond acceptors (Lipinski definition) is 6. The second kappa shape index (κ2) is 11.7. The lowest BCUT2D eigenvalue weighted by molar-refractivity contribution is 0.0949. The Morgan fingerprint density at radius 1 is 0.914 bits per heavy atom. The number of carbonyl (C=O) groups is 1. The Labute approximate surface area is 224 Å². The minimum absolute atomic E-state index is 0.203. The van der Waals surface area contributed by atoms with Crippen LogP contribution in [0.2, 0.25) is 0 Å². The van der Waals surface area contributed by atoms with Gasteiger partial charge in [-0.2, -0.15) is 0 Å². The van der Waals surface area contributed by atoms with Crippen molar-refractivity contribution in [1.29, 1.82) is 0 Å². The number of benzene rings is 3. The van der Waals surface area contributed by atoms with E-state index in [0.717, 1.165) is 25.5 Å². The molecule has 1 amide bonds. The van der Waals surface area contributed by atoms with Crippen LogP contribution in [0.3, 0.4) is 0 Å². The van der Waals surface area contributed by atoms with Crippen LogP contribution in [-0.4, -0.2) is 34.9 Å². The van der Waals surface area contributed by atoms with Gasteiger partial charge in [-0.05, 0) is 60.2 Å². The fourth-order valence-corrected chi connectivity index (χ4v) is 4.78. The molecule has 0 spiro atoms. The second-order valence-electron chi connectivity index (χ2n) is 7.38. The molecule has 0 aliphatic carbocycles. The Balaban J connectivity index is 1.55. The largest absolute Gasteiger partial charge is 0.493 e. The molecule has 1 aromatic heterocycles. The molecule has 0 saturated carbocycles. The predicted octanol–water partition coefficient (Wildman–Crippen LogP) is 6.03. The number of carbonyl (C=O) groups excluding carboxylic acids is 1. The third-order valence-electron chi connectivity index (χ3n) is 5.12. The molecule has 4 aromatic rings. The van der Waals surface area contributed by atoms with Gasteiger partial charge in [-0.15, -0.1) is 10.2 Å². The van der Waals surface area contributed by atoms with Crippen molar-refractivity contribution in [3.8, 4) is 17.2 Å². The molecule has 7 nitrogen and oxygen atoms in total. The number of methoxy groups -OCH3 is 2. The van der Waals surface area contributed by atoms with E-state index >= 15 is 0 Å². The van der Waals surface area contributed by atoms with Crippen LogP contribution >= 0.6 is 43.6 Å². The van der Waals surface area contributed by atoms with Crippen molar-refractivity contribution in [3.63, 3.8) is 0 Å². The summed E-state index contributed by atoms with van der Waals surface area (Å²) in [6, 6.07) is 21.1. The summed E-state index contributed by atoms with van der Waals surface area (Å²) in [5.74, 6) is 2.16. The highest BCUT2D eigenvalue weighted by Gasteiger charge is 2.17. The SMILES string of the molecule is COc1ccc(C(=O)NCc2nnc(SCc3ccc(Br)cc3)n2-c2ccc(Br)cc2)cc1OC. The number of rotatable bonds is 9. The normalized spacial score (nSPS) is 10.7. The quantitative estimate of drug-likeness (QED) is 0.231. The summed E-state index contributed by atoms with van der Waals surface area (Å²) in [4.78, 5) is 12.8. The Morgan fingerprint density at radius 3 is 2.23 bits per heavy atom. The van der Waals surface area contributed by atoms with Crippen LogP contribution in [0, 0.1) is 0 Å². The smallest absolute Gasteiger partial charge is 0.251 e. The van der Waals surface area contributed by atoms with Gasteiger partial charge >= 0.3 is 0 Å². The van der Waals surface area contributed by atoms with E-state index in [4.69, 9.17) is 9.47 Å². The Morgan fingerprint density at radius 2 is 1.57 bits per heavy atom. The van der Waals surface area contributed by atoms with Gasteiger partial charge in [-0.3, -0.25) is 9.36 Å². The number of hydrogen-bond donors (Lipinski definition) is 1. The van der Waals surface area contributed by atoms with Crippen molar-refractivity contribution >= 4 is 49.5 Å². The summed E-state index contributed by atoms with van der Waals surface area (Å²) in [5, 5.41) is 12.5. The van der Waals surface area contributed by atoms with E-state index in [0.29, 0.717) is 22.9 Å². The molecule has 0 aliphatic heterocycles. The molecule has 4 rings (SSSR count). The molecule has 35 heavy (non-hydrogen) atoms. The number of nitrogens with zero attached hydrogens (tertiary/aromatic N) is 3. The van der Waals surface area contributed by atoms with E-state index in [9.17, 15) is 4.79 Å². The van der Waals surface area contributed by atoms with Crippen molar-refractivity contribution in [2.45, 2.75) is 17.5 Å². The number of aromatic nitrogens is 3. The summed E-state index contributed by atoms with van der Waals surface area (Å²) in [5.41, 5.74) is 2.54. The van der Waals surface area contributed by atoms with E-state index in [2.05, 4.69) is 59.5 Å². The summed E-state index contributed by atoms with van der Waals surface area (Å²) in [6.45, 7) is 0.203. The molecular formula is C25H22Br2N4O3S. The second-order valence-corrected chi connectivity index (χ2v) is 10.2. The number of amides is 1. The number of nitrogens with one attached hydrogen (secondary N) is 1. The van der Waals surface area contributed by atoms with Crippen molar-refractivity contribution < 1.29 is 14.3 Å². The fourth-order valence-electron chi connectivity index (χ4n) is 3.33. The molecule has 0 aliphatic rings. The summed E-state index contributed by atoms with van der Waals surface area (Å²) < 4.78 is 14.5. The lowest BCUT2D eigenvalue weighted by Crippen LogP contribution is -2.24. The highest BCUT2D eigenvalue weighted by atomic mass is 79.9. The van der Waals surface area contributed by atoms with Gasteiger partial charge in [-0.25, -0.2) is 0 Å². The van der Waals surface area contributed by atoms with Gasteiger partial charge in [0.1, 0.15) is 0 Å². The molecule has 180 valence electrons. The highest BCUT2D eigenvalue weighted by Crippen LogP contribution is 2.28. The molecule has 10 heteroatoms. The van der Waals surface area contributed by atoms with Crippen molar-refractivity contribution in [3.05, 3.63) is 92.6 Å². The third-order valence-corrected chi connectivity index (χ3v) is 7.18. The summed E-state index contributed by atoms with van der Waals surface area (Å²) >= 11 is 8.54. The van der Waals surface area contributed by atoms with E-state index in [-0.39, 0.29) is 12.5 Å². The maximum atomic E-state index is 12.8. The van der Waals surface area contributed by atoms with Crippen LogP contribution in [0.5, 0.6) is 11.5 Å². The maximum absolute atomic E-state index is 12.8. The molecule has 0 fully saturated rings. The van der Waals surface area contributed by atoms with Gasteiger partial charge < -0.3 is 14.8 Å². The van der Waals surface area contributed by atoms with Crippen molar-refractivity contribution in [2.24, 2.45) is 0 Å². The first-order valence-corrected chi connectivity index (χ1v) is 13.1. The maximum Gasteiger partial charge on any atom is 0.251 e. The molecule has 1 heterocycles. The van der Waals surface area contributed by atoms with Gasteiger partial charge in [0.2, 0.25) is 0 Å². The van der Waals surface area contributed by atoms with Gasteiger partial charge in [-0.1, -0.05) is 55.8 Å². The lowest BCUT2D eigenvalue weighted by Gasteiger charge is -2.12. The lowest BCUT2D eigenvalue weighted by atomic mass is 10.2. The van der Waals surface area contributed by atoms with Crippen LogP contribution in [0.4, 0.5) is 0 Å². The average molecular weight is 618 g/mol. The molecule has 1 N–H and O–H groups in total. The first-order chi connectivity index (χ1) is 17.0. The summed E-state index contributed by atoms with van der Waals surface area (Å²) in [7, 11) is 3.09. The van der Waals surface area contributed by atoms with Gasteiger partial charge in [0.15, 0.2) is 22.5 Å². The van der Waals surface area contributed by atoms with Crippen molar-refractivity contribution in [1.82, 2.24) is 20.1 Å². The molecule has 0 atom stereocenters. The third kappa shape index (κ3) is 6.25. The molecule has 3 aromatic carbocycles. The Hall–Kier alpha value is -2.82. The molecule has 0 saturated heterocycles. The van der Waals surface area contributed by atoms with Crippen LogP contribution in [-0.2, 0) is 12.3 Å². The van der Waals surface area contributed by atoms with E-state index in [1.807, 2.05) is 41.0 Å². The predicted molar refractivity (Wildman–Crippen MR) is 143 cm³/mol. The van der Waals surface area contributed by atoms with Crippen LogP contribution in [0.15, 0.2) is 80.8 Å². The molecular weight excluding hydrogens is 596 g/mol. The Bertz CT molecular complexity index is 1310. The van der Waals surface area contributed by atoms with Gasteiger partial charge in [0.05, 0.1) is 20.8 Å². The minimum Gasteiger partial charge on any atom is -0.493 e. The van der Waals surface area contributed by atoms with Crippen molar-refractivity contribution in [2.75, 3.05) is 14.2 Å². The van der Waals surface area contributed by atoms with Gasteiger partial charge in [0.25, 0.3) is 5.91 Å². The van der Waals surface area contributed by atoms with Gasteiger partial charge in [0, 0.05) is 25.9 Å². The zero-order valence-corrected chi connectivity index (χ0v) is 23.0. The zero-order chi connectivity index (χ0) is 24.8.